The molecule has 0 aliphatic heterocycles. The van der Waals surface area contributed by atoms with Gasteiger partial charge in [0.05, 0.1) is 12.8 Å². The van der Waals surface area contributed by atoms with Crippen molar-refractivity contribution in [1.29, 1.82) is 0 Å². The molecule has 0 heterocycles. The summed E-state index contributed by atoms with van der Waals surface area (Å²) in [6, 6.07) is 3.99. The Hall–Kier alpha value is -1.44. The highest BCUT2D eigenvalue weighted by atomic mass is 32.2. The molecule has 0 atom stereocenters. The molecule has 1 amide bonds. The molecular formula is C17H29N3O3S. The van der Waals surface area contributed by atoms with Crippen molar-refractivity contribution >= 4 is 21.6 Å². The van der Waals surface area contributed by atoms with Crippen molar-refractivity contribution < 1.29 is 13.2 Å². The summed E-state index contributed by atoms with van der Waals surface area (Å²) < 4.78 is 25.0. The maximum absolute atomic E-state index is 12.3. The molecule has 6 nitrogen and oxygen atoms in total. The standard InChI is InChI=1S/C17H29N3O3S/c1-13-10-14(2)17(15(3)11-13)18-16(21)12-20(24(6,22)23)9-7-8-19(4)5/h10-11H,7-9,12H2,1-6H3,(H,18,21). The van der Waals surface area contributed by atoms with Gasteiger partial charge in [0.1, 0.15) is 0 Å². The van der Waals surface area contributed by atoms with Gasteiger partial charge >= 0.3 is 0 Å². The van der Waals surface area contributed by atoms with E-state index in [2.05, 4.69) is 5.32 Å². The first kappa shape index (κ1) is 20.6. The van der Waals surface area contributed by atoms with Crippen LogP contribution in [0.15, 0.2) is 12.1 Å². The predicted octanol–water partition coefficient (Wildman–Crippen LogP) is 1.76. The Kier molecular flexibility index (Phi) is 7.38. The van der Waals surface area contributed by atoms with Gasteiger partial charge in [-0.15, -0.1) is 0 Å². The van der Waals surface area contributed by atoms with Crippen molar-refractivity contribution in [2.75, 3.05) is 45.3 Å². The molecule has 0 aromatic heterocycles. The van der Waals surface area contributed by atoms with Crippen molar-refractivity contribution in [1.82, 2.24) is 9.21 Å². The van der Waals surface area contributed by atoms with Crippen LogP contribution in [0.2, 0.25) is 0 Å². The molecule has 1 aromatic rings. The Bertz CT molecular complexity index is 661. The molecule has 0 saturated carbocycles. The minimum absolute atomic E-state index is 0.168. The average Bonchev–Trinajstić information content (AvgIpc) is 2.40. The van der Waals surface area contributed by atoms with E-state index in [1.807, 2.05) is 51.9 Å². The summed E-state index contributed by atoms with van der Waals surface area (Å²) >= 11 is 0. The number of nitrogens with zero attached hydrogens (tertiary/aromatic N) is 2. The summed E-state index contributed by atoms with van der Waals surface area (Å²) in [5.74, 6) is -0.319. The third kappa shape index (κ3) is 6.59. The molecule has 0 fully saturated rings. The fourth-order valence-corrected chi connectivity index (χ4v) is 3.45. The van der Waals surface area contributed by atoms with Gasteiger partial charge in [-0.1, -0.05) is 17.7 Å². The van der Waals surface area contributed by atoms with Crippen LogP contribution in [0.1, 0.15) is 23.1 Å². The molecule has 1 rings (SSSR count). The molecule has 1 aromatic carbocycles. The summed E-state index contributed by atoms with van der Waals surface area (Å²) in [6.07, 6.45) is 1.81. The highest BCUT2D eigenvalue weighted by Crippen LogP contribution is 2.21. The van der Waals surface area contributed by atoms with E-state index in [9.17, 15) is 13.2 Å². The van der Waals surface area contributed by atoms with Crippen molar-refractivity contribution in [2.24, 2.45) is 0 Å². The second-order valence-corrected chi connectivity index (χ2v) is 8.56. The molecule has 0 saturated heterocycles. The van der Waals surface area contributed by atoms with E-state index < -0.39 is 10.0 Å². The summed E-state index contributed by atoms with van der Waals surface area (Å²) in [7, 11) is 0.439. The first-order valence-electron chi connectivity index (χ1n) is 7.98. The zero-order valence-electron chi connectivity index (χ0n) is 15.5. The lowest BCUT2D eigenvalue weighted by Gasteiger charge is -2.21. The monoisotopic (exact) mass is 355 g/mol. The zero-order valence-corrected chi connectivity index (χ0v) is 16.3. The maximum atomic E-state index is 12.3. The van der Waals surface area contributed by atoms with Crippen LogP contribution < -0.4 is 5.32 Å². The molecule has 0 aliphatic rings. The highest BCUT2D eigenvalue weighted by molar-refractivity contribution is 7.88. The molecule has 0 radical (unpaired) electrons. The first-order valence-corrected chi connectivity index (χ1v) is 9.83. The number of rotatable bonds is 8. The Morgan fingerprint density at radius 2 is 1.62 bits per heavy atom. The van der Waals surface area contributed by atoms with E-state index in [0.717, 1.165) is 35.2 Å². The SMILES string of the molecule is Cc1cc(C)c(NC(=O)CN(CCCN(C)C)S(C)(=O)=O)c(C)c1. The molecule has 136 valence electrons. The second-order valence-electron chi connectivity index (χ2n) is 6.58. The lowest BCUT2D eigenvalue weighted by molar-refractivity contribution is -0.116. The lowest BCUT2D eigenvalue weighted by Crippen LogP contribution is -2.39. The van der Waals surface area contributed by atoms with E-state index in [1.165, 1.54) is 4.31 Å². The molecule has 1 N–H and O–H groups in total. The van der Waals surface area contributed by atoms with Crippen LogP contribution in [0.25, 0.3) is 0 Å². The third-order valence-corrected chi connectivity index (χ3v) is 4.99. The first-order chi connectivity index (χ1) is 11.0. The number of amides is 1. The van der Waals surface area contributed by atoms with Gasteiger partial charge in [-0.2, -0.15) is 4.31 Å². The largest absolute Gasteiger partial charge is 0.324 e. The van der Waals surface area contributed by atoms with Crippen LogP contribution in [0.4, 0.5) is 5.69 Å². The quantitative estimate of drug-likeness (QED) is 0.771. The van der Waals surface area contributed by atoms with Gasteiger partial charge in [-0.3, -0.25) is 4.79 Å². The molecule has 0 aliphatic carbocycles. The highest BCUT2D eigenvalue weighted by Gasteiger charge is 2.20. The van der Waals surface area contributed by atoms with Gasteiger partial charge in [0, 0.05) is 12.2 Å². The summed E-state index contributed by atoms with van der Waals surface area (Å²) in [4.78, 5) is 14.3. The molecule has 0 bridgehead atoms. The molecule has 24 heavy (non-hydrogen) atoms. The van der Waals surface area contributed by atoms with Gasteiger partial charge < -0.3 is 10.2 Å². The number of aryl methyl sites for hydroxylation is 3. The number of hydrogen-bond acceptors (Lipinski definition) is 4. The zero-order chi connectivity index (χ0) is 18.5. The Labute approximate surface area is 145 Å². The van der Waals surface area contributed by atoms with E-state index in [-0.39, 0.29) is 12.5 Å². The number of hydrogen-bond donors (Lipinski definition) is 1. The predicted molar refractivity (Wildman–Crippen MR) is 98.9 cm³/mol. The Morgan fingerprint density at radius 3 is 2.08 bits per heavy atom. The van der Waals surface area contributed by atoms with Gasteiger partial charge in [0.25, 0.3) is 0 Å². The fourth-order valence-electron chi connectivity index (χ4n) is 2.64. The van der Waals surface area contributed by atoms with Crippen LogP contribution in [0.5, 0.6) is 0 Å². The molecule has 0 spiro atoms. The number of sulfonamides is 1. The minimum Gasteiger partial charge on any atom is -0.324 e. The van der Waals surface area contributed by atoms with Crippen molar-refractivity contribution in [2.45, 2.75) is 27.2 Å². The van der Waals surface area contributed by atoms with Crippen LogP contribution >= 0.6 is 0 Å². The maximum Gasteiger partial charge on any atom is 0.239 e. The molecule has 0 unspecified atom stereocenters. The fraction of sp³-hybridized carbons (Fsp3) is 0.588. The van der Waals surface area contributed by atoms with Gasteiger partial charge in [0.2, 0.25) is 15.9 Å². The summed E-state index contributed by atoms with van der Waals surface area (Å²) in [5, 5.41) is 2.85. The Balaban J connectivity index is 2.79. The van der Waals surface area contributed by atoms with E-state index in [1.54, 1.807) is 0 Å². The number of carbonyl (C=O) groups is 1. The van der Waals surface area contributed by atoms with Gasteiger partial charge in [0.15, 0.2) is 0 Å². The smallest absolute Gasteiger partial charge is 0.239 e. The van der Waals surface area contributed by atoms with Gasteiger partial charge in [-0.05, 0) is 59.0 Å². The summed E-state index contributed by atoms with van der Waals surface area (Å²) in [5.41, 5.74) is 3.83. The Morgan fingerprint density at radius 1 is 1.08 bits per heavy atom. The number of anilines is 1. The lowest BCUT2D eigenvalue weighted by atomic mass is 10.1. The summed E-state index contributed by atoms with van der Waals surface area (Å²) in [6.45, 7) is 6.79. The molecular weight excluding hydrogens is 326 g/mol. The van der Waals surface area contributed by atoms with Crippen LogP contribution in [-0.2, 0) is 14.8 Å². The van der Waals surface area contributed by atoms with Crippen molar-refractivity contribution in [3.05, 3.63) is 28.8 Å². The van der Waals surface area contributed by atoms with E-state index in [4.69, 9.17) is 0 Å². The number of carbonyl (C=O) groups excluding carboxylic acids is 1. The number of nitrogens with one attached hydrogen (secondary N) is 1. The third-order valence-electron chi connectivity index (χ3n) is 3.74. The van der Waals surface area contributed by atoms with Crippen LogP contribution in [0, 0.1) is 20.8 Å². The normalized spacial score (nSPS) is 12.0. The van der Waals surface area contributed by atoms with Crippen molar-refractivity contribution in [3.63, 3.8) is 0 Å². The van der Waals surface area contributed by atoms with E-state index in [0.29, 0.717) is 13.0 Å². The topological polar surface area (TPSA) is 69.7 Å². The van der Waals surface area contributed by atoms with Crippen LogP contribution in [-0.4, -0.2) is 63.5 Å². The van der Waals surface area contributed by atoms with E-state index >= 15 is 0 Å². The van der Waals surface area contributed by atoms with Crippen molar-refractivity contribution in [3.8, 4) is 0 Å². The van der Waals surface area contributed by atoms with Crippen LogP contribution in [0.3, 0.4) is 0 Å². The minimum atomic E-state index is -3.42. The second kappa shape index (κ2) is 8.60. The van der Waals surface area contributed by atoms with Gasteiger partial charge in [-0.25, -0.2) is 8.42 Å². The molecule has 7 heteroatoms. The average molecular weight is 356 g/mol. The number of benzene rings is 1.